The molecule has 0 atom stereocenters. The van der Waals surface area contributed by atoms with Crippen molar-refractivity contribution in [1.29, 1.82) is 0 Å². The van der Waals surface area contributed by atoms with Crippen molar-refractivity contribution in [2.75, 3.05) is 20.2 Å². The Morgan fingerprint density at radius 1 is 1.41 bits per heavy atom. The van der Waals surface area contributed by atoms with Crippen LogP contribution in [-0.4, -0.2) is 35.6 Å². The fraction of sp³-hybridized carbons (Fsp3) is 0.471. The van der Waals surface area contributed by atoms with Crippen LogP contribution in [0.4, 0.5) is 0 Å². The lowest BCUT2D eigenvalue weighted by Crippen LogP contribution is -2.27. The highest BCUT2D eigenvalue weighted by molar-refractivity contribution is 6.31. The zero-order valence-corrected chi connectivity index (χ0v) is 13.8. The maximum atomic E-state index is 11.7. The largest absolute Gasteiger partial charge is 0.466 e. The molecular formula is C17H21ClN2O2. The van der Waals surface area contributed by atoms with Crippen molar-refractivity contribution < 1.29 is 9.53 Å². The molecule has 0 saturated carbocycles. The van der Waals surface area contributed by atoms with E-state index in [1.807, 2.05) is 19.1 Å². The molecule has 0 amide bonds. The number of esters is 1. The molecule has 0 spiro atoms. The summed E-state index contributed by atoms with van der Waals surface area (Å²) in [6.07, 6.45) is 1.41. The molecule has 118 valence electrons. The number of halogens is 1. The highest BCUT2D eigenvalue weighted by Crippen LogP contribution is 2.32. The molecule has 1 aliphatic heterocycles. The Kier molecular flexibility index (Phi) is 4.41. The molecule has 1 aromatic heterocycles. The Balaban J connectivity index is 2.00. The predicted octanol–water partition coefficient (Wildman–Crippen LogP) is 3.24. The number of hydrogen-bond acceptors (Lipinski definition) is 3. The number of nitrogens with zero attached hydrogens (tertiary/aromatic N) is 2. The molecule has 1 aromatic carbocycles. The molecule has 1 aliphatic rings. The number of ether oxygens (including phenoxy) is 1. The maximum Gasteiger partial charge on any atom is 0.307 e. The van der Waals surface area contributed by atoms with Crippen LogP contribution < -0.4 is 0 Å². The summed E-state index contributed by atoms with van der Waals surface area (Å²) in [5.41, 5.74) is 3.84. The fourth-order valence-electron chi connectivity index (χ4n) is 3.25. The zero-order chi connectivity index (χ0) is 15.7. The molecule has 3 rings (SSSR count). The molecule has 2 heterocycles. The van der Waals surface area contributed by atoms with Crippen LogP contribution in [0.5, 0.6) is 0 Å². The van der Waals surface area contributed by atoms with Gasteiger partial charge >= 0.3 is 5.97 Å². The Labute approximate surface area is 135 Å². The van der Waals surface area contributed by atoms with Gasteiger partial charge in [-0.1, -0.05) is 11.6 Å². The number of benzene rings is 1. The Hall–Kier alpha value is -1.52. The average molecular weight is 321 g/mol. The van der Waals surface area contributed by atoms with E-state index in [-0.39, 0.29) is 5.97 Å². The number of hydrogen-bond donors (Lipinski definition) is 0. The summed E-state index contributed by atoms with van der Waals surface area (Å²) in [6.45, 7) is 4.90. The molecule has 0 aliphatic carbocycles. The maximum absolute atomic E-state index is 11.7. The monoisotopic (exact) mass is 320 g/mol. The Morgan fingerprint density at radius 2 is 2.23 bits per heavy atom. The molecule has 0 N–H and O–H groups in total. The number of carbonyl (C=O) groups is 1. The van der Waals surface area contributed by atoms with Gasteiger partial charge in [-0.15, -0.1) is 0 Å². The summed E-state index contributed by atoms with van der Waals surface area (Å²) in [5, 5.41) is 1.96. The lowest BCUT2D eigenvalue weighted by Gasteiger charge is -2.24. The van der Waals surface area contributed by atoms with Gasteiger partial charge in [-0.05, 0) is 37.7 Å². The van der Waals surface area contributed by atoms with Crippen molar-refractivity contribution in [2.24, 2.45) is 0 Å². The van der Waals surface area contributed by atoms with Crippen LogP contribution in [0.15, 0.2) is 18.2 Å². The van der Waals surface area contributed by atoms with Crippen molar-refractivity contribution in [3.05, 3.63) is 34.5 Å². The average Bonchev–Trinajstić information content (AvgIpc) is 2.78. The number of fused-ring (bicyclic) bond motifs is 3. The minimum Gasteiger partial charge on any atom is -0.466 e. The van der Waals surface area contributed by atoms with Gasteiger partial charge in [-0.3, -0.25) is 4.79 Å². The van der Waals surface area contributed by atoms with Crippen LogP contribution in [0.2, 0.25) is 5.02 Å². The van der Waals surface area contributed by atoms with Crippen LogP contribution >= 0.6 is 11.6 Å². The number of carbonyl (C=O) groups excluding carboxylic acids is 1. The summed E-state index contributed by atoms with van der Waals surface area (Å²) < 4.78 is 7.32. The van der Waals surface area contributed by atoms with Crippen molar-refractivity contribution in [1.82, 2.24) is 9.47 Å². The first-order valence-electron chi connectivity index (χ1n) is 7.73. The van der Waals surface area contributed by atoms with Crippen molar-refractivity contribution >= 4 is 28.5 Å². The molecule has 0 saturated heterocycles. The normalized spacial score (nSPS) is 15.0. The number of rotatable bonds is 4. The van der Waals surface area contributed by atoms with Gasteiger partial charge in [0, 0.05) is 47.7 Å². The first kappa shape index (κ1) is 15.4. The minimum absolute atomic E-state index is 0.139. The minimum atomic E-state index is -0.139. The first-order valence-corrected chi connectivity index (χ1v) is 8.11. The van der Waals surface area contributed by atoms with Gasteiger partial charge < -0.3 is 14.2 Å². The van der Waals surface area contributed by atoms with Gasteiger partial charge in [0.1, 0.15) is 0 Å². The molecule has 0 unspecified atom stereocenters. The Morgan fingerprint density at radius 3 is 3.00 bits per heavy atom. The van der Waals surface area contributed by atoms with Gasteiger partial charge in [0.2, 0.25) is 0 Å². The van der Waals surface area contributed by atoms with Gasteiger partial charge in [0.15, 0.2) is 0 Å². The molecule has 4 nitrogen and oxygen atoms in total. The summed E-state index contributed by atoms with van der Waals surface area (Å²) in [6, 6.07) is 6.01. The fourth-order valence-corrected chi connectivity index (χ4v) is 3.42. The van der Waals surface area contributed by atoms with Crippen molar-refractivity contribution in [3.8, 4) is 0 Å². The number of likely N-dealkylation sites (N-methyl/N-ethyl adjacent to an activating group) is 1. The molecule has 0 bridgehead atoms. The van der Waals surface area contributed by atoms with Crippen LogP contribution in [0.3, 0.4) is 0 Å². The second kappa shape index (κ2) is 6.31. The van der Waals surface area contributed by atoms with Crippen LogP contribution in [0, 0.1) is 0 Å². The summed E-state index contributed by atoms with van der Waals surface area (Å²) in [4.78, 5) is 14.0. The van der Waals surface area contributed by atoms with E-state index in [0.717, 1.165) is 30.0 Å². The van der Waals surface area contributed by atoms with E-state index < -0.39 is 0 Å². The van der Waals surface area contributed by atoms with Crippen LogP contribution in [0.1, 0.15) is 24.6 Å². The third-order valence-electron chi connectivity index (χ3n) is 4.25. The van der Waals surface area contributed by atoms with Gasteiger partial charge in [0.05, 0.1) is 13.0 Å². The number of aryl methyl sites for hydroxylation is 1. The SMILES string of the molecule is CCOC(=O)CCn1c2c(c3cc(Cl)ccc31)CN(C)CC2. The van der Waals surface area contributed by atoms with E-state index in [4.69, 9.17) is 16.3 Å². The van der Waals surface area contributed by atoms with Gasteiger partial charge in [-0.2, -0.15) is 0 Å². The predicted molar refractivity (Wildman–Crippen MR) is 88.2 cm³/mol. The summed E-state index contributed by atoms with van der Waals surface area (Å²) in [7, 11) is 2.13. The molecule has 0 radical (unpaired) electrons. The molecule has 5 heteroatoms. The molecular weight excluding hydrogens is 300 g/mol. The second-order valence-corrected chi connectivity index (χ2v) is 6.22. The lowest BCUT2D eigenvalue weighted by molar-refractivity contribution is -0.143. The third kappa shape index (κ3) is 2.85. The molecule has 22 heavy (non-hydrogen) atoms. The third-order valence-corrected chi connectivity index (χ3v) is 4.49. The van der Waals surface area contributed by atoms with Crippen LogP contribution in [-0.2, 0) is 29.0 Å². The quantitative estimate of drug-likeness (QED) is 0.811. The van der Waals surface area contributed by atoms with E-state index in [1.165, 1.54) is 16.6 Å². The molecule has 2 aromatic rings. The topological polar surface area (TPSA) is 34.5 Å². The zero-order valence-electron chi connectivity index (χ0n) is 13.1. The second-order valence-electron chi connectivity index (χ2n) is 5.78. The Bertz CT molecular complexity index is 708. The number of aromatic nitrogens is 1. The van der Waals surface area contributed by atoms with E-state index in [9.17, 15) is 4.79 Å². The highest BCUT2D eigenvalue weighted by atomic mass is 35.5. The first-order chi connectivity index (χ1) is 10.6. The van der Waals surface area contributed by atoms with Gasteiger partial charge in [-0.25, -0.2) is 0 Å². The van der Waals surface area contributed by atoms with Crippen molar-refractivity contribution in [2.45, 2.75) is 32.9 Å². The van der Waals surface area contributed by atoms with E-state index in [0.29, 0.717) is 19.6 Å². The molecule has 0 fully saturated rings. The van der Waals surface area contributed by atoms with Crippen molar-refractivity contribution in [3.63, 3.8) is 0 Å². The van der Waals surface area contributed by atoms with E-state index in [2.05, 4.69) is 22.6 Å². The van der Waals surface area contributed by atoms with E-state index >= 15 is 0 Å². The standard InChI is InChI=1S/C17H21ClN2O2/c1-3-22-17(21)7-9-20-15-5-4-12(18)10-13(15)14-11-19(2)8-6-16(14)20/h4-5,10H,3,6-9,11H2,1-2H3. The summed E-state index contributed by atoms with van der Waals surface area (Å²) >= 11 is 6.18. The lowest BCUT2D eigenvalue weighted by atomic mass is 10.1. The van der Waals surface area contributed by atoms with Gasteiger partial charge in [0.25, 0.3) is 0 Å². The smallest absolute Gasteiger partial charge is 0.307 e. The van der Waals surface area contributed by atoms with E-state index in [1.54, 1.807) is 0 Å². The summed E-state index contributed by atoms with van der Waals surface area (Å²) in [5.74, 6) is -0.139. The highest BCUT2D eigenvalue weighted by Gasteiger charge is 2.22. The van der Waals surface area contributed by atoms with Crippen LogP contribution in [0.25, 0.3) is 10.9 Å².